The van der Waals surface area contributed by atoms with Crippen LogP contribution >= 0.6 is 22.9 Å². The molecule has 0 saturated heterocycles. The summed E-state index contributed by atoms with van der Waals surface area (Å²) in [4.78, 5) is 19.6. The molecule has 0 radical (unpaired) electrons. The number of aryl methyl sites for hydroxylation is 3. The zero-order valence-corrected chi connectivity index (χ0v) is 17.3. The SMILES string of the molecule is Cc1ccc(C(=O)N(CCCn2cccc2)c2nc3c(C)cc(Cl)cc3s2)o1. The van der Waals surface area contributed by atoms with Gasteiger partial charge in [0.05, 0.1) is 10.2 Å². The van der Waals surface area contributed by atoms with Gasteiger partial charge in [0.25, 0.3) is 5.91 Å². The van der Waals surface area contributed by atoms with E-state index in [4.69, 9.17) is 21.0 Å². The smallest absolute Gasteiger partial charge is 0.295 e. The Morgan fingerprint density at radius 1 is 1.25 bits per heavy atom. The highest BCUT2D eigenvalue weighted by molar-refractivity contribution is 7.22. The van der Waals surface area contributed by atoms with Gasteiger partial charge in [-0.3, -0.25) is 9.69 Å². The average Bonchev–Trinajstić information content (AvgIpc) is 3.38. The molecule has 0 aliphatic carbocycles. The number of fused-ring (bicyclic) bond motifs is 1. The molecule has 0 unspecified atom stereocenters. The Hall–Kier alpha value is -2.57. The number of carbonyl (C=O) groups excluding carboxylic acids is 1. The molecule has 0 spiro atoms. The van der Waals surface area contributed by atoms with Crippen LogP contribution in [0, 0.1) is 13.8 Å². The summed E-state index contributed by atoms with van der Waals surface area (Å²) in [5.74, 6) is 0.860. The molecule has 0 fully saturated rings. The van der Waals surface area contributed by atoms with Gasteiger partial charge < -0.3 is 8.98 Å². The summed E-state index contributed by atoms with van der Waals surface area (Å²) >= 11 is 7.67. The van der Waals surface area contributed by atoms with Crippen LogP contribution in [0.3, 0.4) is 0 Å². The molecule has 7 heteroatoms. The average molecular weight is 414 g/mol. The van der Waals surface area contributed by atoms with E-state index < -0.39 is 0 Å². The van der Waals surface area contributed by atoms with E-state index in [1.54, 1.807) is 17.0 Å². The number of furan rings is 1. The lowest BCUT2D eigenvalue weighted by molar-refractivity contribution is 0.0958. The summed E-state index contributed by atoms with van der Waals surface area (Å²) < 4.78 is 8.65. The van der Waals surface area contributed by atoms with Crippen molar-refractivity contribution in [2.45, 2.75) is 26.8 Å². The minimum absolute atomic E-state index is 0.177. The van der Waals surface area contributed by atoms with E-state index in [0.717, 1.165) is 28.7 Å². The van der Waals surface area contributed by atoms with Gasteiger partial charge >= 0.3 is 0 Å². The summed E-state index contributed by atoms with van der Waals surface area (Å²) in [7, 11) is 0. The summed E-state index contributed by atoms with van der Waals surface area (Å²) in [6.45, 7) is 5.18. The maximum Gasteiger partial charge on any atom is 0.295 e. The van der Waals surface area contributed by atoms with E-state index in [2.05, 4.69) is 4.57 Å². The van der Waals surface area contributed by atoms with Crippen molar-refractivity contribution in [3.63, 3.8) is 0 Å². The molecule has 0 saturated carbocycles. The third kappa shape index (κ3) is 3.84. The van der Waals surface area contributed by atoms with E-state index >= 15 is 0 Å². The fourth-order valence-corrected chi connectivity index (χ4v) is 4.60. The predicted octanol–water partition coefficient (Wildman–Crippen LogP) is 5.70. The number of amides is 1. The second-order valence-electron chi connectivity index (χ2n) is 6.71. The summed E-state index contributed by atoms with van der Waals surface area (Å²) in [6.07, 6.45) is 4.84. The third-order valence-corrected chi connectivity index (χ3v) is 5.77. The van der Waals surface area contributed by atoms with Crippen LogP contribution < -0.4 is 4.90 Å². The van der Waals surface area contributed by atoms with Crippen LogP contribution in [0.5, 0.6) is 0 Å². The first-order valence-corrected chi connectivity index (χ1v) is 10.3. The monoisotopic (exact) mass is 413 g/mol. The second-order valence-corrected chi connectivity index (χ2v) is 8.15. The molecule has 4 rings (SSSR count). The highest BCUT2D eigenvalue weighted by Crippen LogP contribution is 2.33. The number of benzene rings is 1. The molecule has 0 atom stereocenters. The number of halogens is 1. The van der Waals surface area contributed by atoms with Crippen LogP contribution in [0.2, 0.25) is 5.02 Å². The summed E-state index contributed by atoms with van der Waals surface area (Å²) in [5.41, 5.74) is 1.88. The molecule has 0 bridgehead atoms. The van der Waals surface area contributed by atoms with E-state index in [1.807, 2.05) is 50.5 Å². The first-order chi connectivity index (χ1) is 13.5. The lowest BCUT2D eigenvalue weighted by atomic mass is 10.2. The van der Waals surface area contributed by atoms with Crippen LogP contribution in [0.4, 0.5) is 5.13 Å². The molecule has 0 N–H and O–H groups in total. The first kappa shape index (κ1) is 18.8. The molecule has 4 aromatic rings. The van der Waals surface area contributed by atoms with Gasteiger partial charge in [0.2, 0.25) is 0 Å². The Morgan fingerprint density at radius 2 is 2.04 bits per heavy atom. The highest BCUT2D eigenvalue weighted by Gasteiger charge is 2.24. The van der Waals surface area contributed by atoms with Gasteiger partial charge in [0.15, 0.2) is 10.9 Å². The Kier molecular flexibility index (Phi) is 5.24. The van der Waals surface area contributed by atoms with Crippen LogP contribution in [0.15, 0.2) is 53.2 Å². The number of hydrogen-bond donors (Lipinski definition) is 0. The van der Waals surface area contributed by atoms with Gasteiger partial charge in [0.1, 0.15) is 5.76 Å². The lowest BCUT2D eigenvalue weighted by Gasteiger charge is -2.18. The number of thiazole rings is 1. The number of hydrogen-bond acceptors (Lipinski definition) is 4. The third-order valence-electron chi connectivity index (χ3n) is 4.53. The fourth-order valence-electron chi connectivity index (χ4n) is 3.16. The van der Waals surface area contributed by atoms with Gasteiger partial charge in [0, 0.05) is 30.5 Å². The molecule has 0 aliphatic rings. The van der Waals surface area contributed by atoms with Crippen molar-refractivity contribution < 1.29 is 9.21 Å². The molecule has 3 heterocycles. The van der Waals surface area contributed by atoms with Crippen LogP contribution in [-0.2, 0) is 6.54 Å². The van der Waals surface area contributed by atoms with Gasteiger partial charge in [-0.2, -0.15) is 0 Å². The van der Waals surface area contributed by atoms with Crippen molar-refractivity contribution >= 4 is 44.2 Å². The molecule has 1 amide bonds. The van der Waals surface area contributed by atoms with Crippen LogP contribution in [0.1, 0.15) is 28.3 Å². The normalized spacial score (nSPS) is 11.2. The minimum atomic E-state index is -0.177. The molecule has 5 nitrogen and oxygen atoms in total. The van der Waals surface area contributed by atoms with Crippen molar-refractivity contribution in [1.82, 2.24) is 9.55 Å². The molecule has 1 aromatic carbocycles. The van der Waals surface area contributed by atoms with Crippen LogP contribution in [-0.4, -0.2) is 22.0 Å². The van der Waals surface area contributed by atoms with Gasteiger partial charge in [-0.1, -0.05) is 22.9 Å². The lowest BCUT2D eigenvalue weighted by Crippen LogP contribution is -2.32. The van der Waals surface area contributed by atoms with Gasteiger partial charge in [-0.15, -0.1) is 0 Å². The van der Waals surface area contributed by atoms with Gasteiger partial charge in [-0.05, 0) is 62.2 Å². The Labute approximate surface area is 172 Å². The first-order valence-electron chi connectivity index (χ1n) is 9.07. The number of carbonyl (C=O) groups is 1. The van der Waals surface area contributed by atoms with E-state index in [9.17, 15) is 4.79 Å². The predicted molar refractivity (Wildman–Crippen MR) is 114 cm³/mol. The molecular formula is C21H20ClN3O2S. The van der Waals surface area contributed by atoms with E-state index in [-0.39, 0.29) is 5.91 Å². The van der Waals surface area contributed by atoms with Crippen molar-refractivity contribution in [2.75, 3.05) is 11.4 Å². The Bertz CT molecular complexity index is 1110. The van der Waals surface area contributed by atoms with E-state index in [1.165, 1.54) is 11.3 Å². The topological polar surface area (TPSA) is 51.3 Å². The minimum Gasteiger partial charge on any atom is -0.456 e. The second kappa shape index (κ2) is 7.81. The van der Waals surface area contributed by atoms with Crippen LogP contribution in [0.25, 0.3) is 10.2 Å². The molecular weight excluding hydrogens is 394 g/mol. The van der Waals surface area contributed by atoms with Crippen molar-refractivity contribution in [2.24, 2.45) is 0 Å². The molecule has 28 heavy (non-hydrogen) atoms. The maximum absolute atomic E-state index is 13.1. The van der Waals surface area contributed by atoms with Gasteiger partial charge in [-0.25, -0.2) is 4.98 Å². The molecule has 144 valence electrons. The quantitative estimate of drug-likeness (QED) is 0.407. The molecule has 0 aliphatic heterocycles. The summed E-state index contributed by atoms with van der Waals surface area (Å²) in [5, 5.41) is 1.33. The maximum atomic E-state index is 13.1. The zero-order chi connectivity index (χ0) is 19.7. The highest BCUT2D eigenvalue weighted by atomic mass is 35.5. The number of aromatic nitrogens is 2. The fraction of sp³-hybridized carbons (Fsp3) is 0.238. The largest absolute Gasteiger partial charge is 0.456 e. The Balaban J connectivity index is 1.65. The summed E-state index contributed by atoms with van der Waals surface area (Å²) in [6, 6.07) is 11.3. The van der Waals surface area contributed by atoms with Crippen molar-refractivity contribution in [3.05, 3.63) is 70.9 Å². The number of anilines is 1. The standard InChI is InChI=1S/C21H20ClN3O2S/c1-14-12-16(22)13-18-19(14)23-21(28-18)25(11-5-10-24-8-3-4-9-24)20(26)17-7-6-15(2)27-17/h3-4,6-9,12-13H,5,10-11H2,1-2H3. The zero-order valence-electron chi connectivity index (χ0n) is 15.7. The van der Waals surface area contributed by atoms with Crippen molar-refractivity contribution in [3.8, 4) is 0 Å². The number of nitrogens with zero attached hydrogens (tertiary/aromatic N) is 3. The molecule has 3 aromatic heterocycles. The van der Waals surface area contributed by atoms with Crippen molar-refractivity contribution in [1.29, 1.82) is 0 Å². The number of rotatable bonds is 6. The van der Waals surface area contributed by atoms with E-state index in [0.29, 0.717) is 28.2 Å². The Morgan fingerprint density at radius 3 is 2.75 bits per heavy atom.